The normalized spacial score (nSPS) is 12.0. The van der Waals surface area contributed by atoms with Crippen molar-refractivity contribution in [2.75, 3.05) is 7.11 Å². The van der Waals surface area contributed by atoms with Crippen LogP contribution in [-0.2, 0) is 12.8 Å². The van der Waals surface area contributed by atoms with Gasteiger partial charge >= 0.3 is 0 Å². The summed E-state index contributed by atoms with van der Waals surface area (Å²) in [6.45, 7) is 1.94. The molecule has 0 aliphatic rings. The third-order valence-electron chi connectivity index (χ3n) is 3.92. The summed E-state index contributed by atoms with van der Waals surface area (Å²) in [7, 11) is 3.56. The van der Waals surface area contributed by atoms with Gasteiger partial charge in [-0.3, -0.25) is 0 Å². The summed E-state index contributed by atoms with van der Waals surface area (Å²) in [5, 5.41) is 10.2. The lowest BCUT2D eigenvalue weighted by atomic mass is 10.2. The third kappa shape index (κ3) is 4.14. The third-order valence-corrected chi connectivity index (χ3v) is 5.36. The van der Waals surface area contributed by atoms with Crippen LogP contribution in [0.15, 0.2) is 53.7 Å². The number of hydrogen-bond acceptors (Lipinski definition) is 5. The standard InChI is InChI=1S/C19H20ClN3O2S/c1-13(25-17-11-7-6-10-16(17)24-3)18-21-22-19(23(18)2)26-12-14-8-4-5-9-15(14)20/h4-11,13H,12H2,1-3H3. The molecule has 1 heterocycles. The Labute approximate surface area is 162 Å². The fraction of sp³-hybridized carbons (Fsp3) is 0.263. The van der Waals surface area contributed by atoms with Gasteiger partial charge in [-0.25, -0.2) is 0 Å². The molecule has 3 rings (SSSR count). The fourth-order valence-corrected chi connectivity index (χ4v) is 3.73. The first-order valence-corrected chi connectivity index (χ1v) is 9.51. The molecule has 1 atom stereocenters. The number of rotatable bonds is 7. The van der Waals surface area contributed by atoms with Crippen LogP contribution in [0, 0.1) is 0 Å². The predicted octanol–water partition coefficient (Wildman–Crippen LogP) is 4.91. The molecule has 5 nitrogen and oxygen atoms in total. The zero-order valence-electron chi connectivity index (χ0n) is 14.8. The molecule has 0 aliphatic heterocycles. The Morgan fingerprint density at radius 1 is 1.08 bits per heavy atom. The summed E-state index contributed by atoms with van der Waals surface area (Å²) < 4.78 is 13.3. The molecule has 26 heavy (non-hydrogen) atoms. The Morgan fingerprint density at radius 3 is 2.50 bits per heavy atom. The van der Waals surface area contributed by atoms with Gasteiger partial charge in [0.25, 0.3) is 0 Å². The quantitative estimate of drug-likeness (QED) is 0.537. The molecule has 1 aromatic heterocycles. The van der Waals surface area contributed by atoms with Crippen LogP contribution in [0.5, 0.6) is 11.5 Å². The number of hydrogen-bond donors (Lipinski definition) is 0. The lowest BCUT2D eigenvalue weighted by molar-refractivity contribution is 0.202. The van der Waals surface area contributed by atoms with E-state index in [-0.39, 0.29) is 6.10 Å². The highest BCUT2D eigenvalue weighted by molar-refractivity contribution is 7.98. The summed E-state index contributed by atoms with van der Waals surface area (Å²) in [5.41, 5.74) is 1.07. The highest BCUT2D eigenvalue weighted by Crippen LogP contribution is 2.31. The van der Waals surface area contributed by atoms with Crippen molar-refractivity contribution in [2.45, 2.75) is 23.9 Å². The maximum Gasteiger partial charge on any atom is 0.191 e. The summed E-state index contributed by atoms with van der Waals surface area (Å²) in [6.07, 6.45) is -0.265. The van der Waals surface area contributed by atoms with E-state index in [1.165, 1.54) is 0 Å². The summed E-state index contributed by atoms with van der Waals surface area (Å²) >= 11 is 7.81. The van der Waals surface area contributed by atoms with Gasteiger partial charge < -0.3 is 14.0 Å². The molecular weight excluding hydrogens is 370 g/mol. The number of halogens is 1. The van der Waals surface area contributed by atoms with Gasteiger partial charge in [-0.15, -0.1) is 10.2 Å². The van der Waals surface area contributed by atoms with E-state index in [0.717, 1.165) is 27.3 Å². The van der Waals surface area contributed by atoms with E-state index in [1.807, 2.05) is 67.1 Å². The van der Waals surface area contributed by atoms with E-state index in [4.69, 9.17) is 21.1 Å². The van der Waals surface area contributed by atoms with Crippen LogP contribution in [0.2, 0.25) is 5.02 Å². The lowest BCUT2D eigenvalue weighted by Crippen LogP contribution is -2.10. The average molecular weight is 390 g/mol. The molecule has 0 spiro atoms. The largest absolute Gasteiger partial charge is 0.493 e. The molecule has 7 heteroatoms. The first kappa shape index (κ1) is 18.6. The smallest absolute Gasteiger partial charge is 0.191 e. The Morgan fingerprint density at radius 2 is 1.77 bits per heavy atom. The van der Waals surface area contributed by atoms with Crippen molar-refractivity contribution in [1.29, 1.82) is 0 Å². The van der Waals surface area contributed by atoms with Crippen LogP contribution >= 0.6 is 23.4 Å². The number of aromatic nitrogens is 3. The highest BCUT2D eigenvalue weighted by atomic mass is 35.5. The van der Waals surface area contributed by atoms with Crippen molar-refractivity contribution >= 4 is 23.4 Å². The van der Waals surface area contributed by atoms with Gasteiger partial charge in [0.2, 0.25) is 0 Å². The highest BCUT2D eigenvalue weighted by Gasteiger charge is 2.18. The first-order valence-electron chi connectivity index (χ1n) is 8.15. The number of methoxy groups -OCH3 is 1. The van der Waals surface area contributed by atoms with E-state index in [9.17, 15) is 0 Å². The Hall–Kier alpha value is -2.18. The minimum atomic E-state index is -0.265. The van der Waals surface area contributed by atoms with E-state index in [1.54, 1.807) is 18.9 Å². The van der Waals surface area contributed by atoms with Crippen LogP contribution in [-0.4, -0.2) is 21.9 Å². The molecule has 0 amide bonds. The van der Waals surface area contributed by atoms with E-state index < -0.39 is 0 Å². The number of nitrogens with zero attached hydrogens (tertiary/aromatic N) is 3. The van der Waals surface area contributed by atoms with E-state index >= 15 is 0 Å². The van der Waals surface area contributed by atoms with Gasteiger partial charge in [-0.05, 0) is 30.7 Å². The van der Waals surface area contributed by atoms with Gasteiger partial charge in [-0.2, -0.15) is 0 Å². The second-order valence-electron chi connectivity index (χ2n) is 5.69. The van der Waals surface area contributed by atoms with Crippen molar-refractivity contribution in [3.8, 4) is 11.5 Å². The molecule has 2 aromatic carbocycles. The van der Waals surface area contributed by atoms with Crippen molar-refractivity contribution in [3.63, 3.8) is 0 Å². The maximum atomic E-state index is 6.22. The summed E-state index contributed by atoms with van der Waals surface area (Å²) in [5.74, 6) is 2.84. The van der Waals surface area contributed by atoms with Crippen molar-refractivity contribution in [3.05, 3.63) is 64.9 Å². The number of para-hydroxylation sites is 2. The minimum absolute atomic E-state index is 0.265. The van der Waals surface area contributed by atoms with Gasteiger partial charge in [0.1, 0.15) is 0 Å². The minimum Gasteiger partial charge on any atom is -0.493 e. The summed E-state index contributed by atoms with van der Waals surface area (Å²) in [4.78, 5) is 0. The molecule has 0 aliphatic carbocycles. The van der Waals surface area contributed by atoms with Crippen molar-refractivity contribution in [2.24, 2.45) is 7.05 Å². The topological polar surface area (TPSA) is 49.2 Å². The van der Waals surface area contributed by atoms with Crippen LogP contribution in [0.3, 0.4) is 0 Å². The predicted molar refractivity (Wildman–Crippen MR) is 104 cm³/mol. The molecule has 0 bridgehead atoms. The van der Waals surface area contributed by atoms with E-state index in [2.05, 4.69) is 10.2 Å². The molecule has 0 N–H and O–H groups in total. The van der Waals surface area contributed by atoms with Gasteiger partial charge in [0.05, 0.1) is 7.11 Å². The average Bonchev–Trinajstić information content (AvgIpc) is 3.02. The van der Waals surface area contributed by atoms with Crippen LogP contribution in [0.25, 0.3) is 0 Å². The molecule has 1 unspecified atom stereocenters. The zero-order chi connectivity index (χ0) is 18.5. The first-order chi connectivity index (χ1) is 12.6. The Kier molecular flexibility index (Phi) is 6.06. The molecule has 0 saturated heterocycles. The maximum absolute atomic E-state index is 6.22. The summed E-state index contributed by atoms with van der Waals surface area (Å²) in [6, 6.07) is 15.4. The van der Waals surface area contributed by atoms with Gasteiger partial charge in [0, 0.05) is 17.8 Å². The fourth-order valence-electron chi connectivity index (χ4n) is 2.52. The van der Waals surface area contributed by atoms with Crippen molar-refractivity contribution in [1.82, 2.24) is 14.8 Å². The molecule has 0 fully saturated rings. The van der Waals surface area contributed by atoms with Gasteiger partial charge in [0.15, 0.2) is 28.6 Å². The molecular formula is C19H20ClN3O2S. The molecule has 0 saturated carbocycles. The van der Waals surface area contributed by atoms with Crippen LogP contribution in [0.1, 0.15) is 24.4 Å². The number of benzene rings is 2. The second-order valence-corrected chi connectivity index (χ2v) is 7.04. The SMILES string of the molecule is COc1ccccc1OC(C)c1nnc(SCc2ccccc2Cl)n1C. The van der Waals surface area contributed by atoms with E-state index in [0.29, 0.717) is 11.5 Å². The Balaban J connectivity index is 1.71. The van der Waals surface area contributed by atoms with Gasteiger partial charge in [-0.1, -0.05) is 53.7 Å². The van der Waals surface area contributed by atoms with Crippen molar-refractivity contribution < 1.29 is 9.47 Å². The molecule has 3 aromatic rings. The van der Waals surface area contributed by atoms with Crippen LogP contribution < -0.4 is 9.47 Å². The molecule has 136 valence electrons. The number of thioether (sulfide) groups is 1. The second kappa shape index (κ2) is 8.47. The number of ether oxygens (including phenoxy) is 2. The lowest BCUT2D eigenvalue weighted by Gasteiger charge is -2.16. The Bertz CT molecular complexity index is 885. The van der Waals surface area contributed by atoms with Crippen LogP contribution in [0.4, 0.5) is 0 Å². The zero-order valence-corrected chi connectivity index (χ0v) is 16.4. The monoisotopic (exact) mass is 389 g/mol. The molecule has 0 radical (unpaired) electrons.